The maximum atomic E-state index is 6.31. The van der Waals surface area contributed by atoms with E-state index >= 15 is 0 Å². The van der Waals surface area contributed by atoms with Crippen molar-refractivity contribution in [3.63, 3.8) is 0 Å². The molecule has 0 saturated carbocycles. The minimum atomic E-state index is 0.685. The number of benzene rings is 1. The Hall–Kier alpha value is -1.57. The maximum Gasteiger partial charge on any atom is 0.210 e. The van der Waals surface area contributed by atoms with Crippen molar-refractivity contribution in [3.8, 4) is 0 Å². The fraction of sp³-hybridized carbons (Fsp3) is 0.267. The lowest BCUT2D eigenvalue weighted by Gasteiger charge is -2.09. The number of halogens is 1. The van der Waals surface area contributed by atoms with E-state index in [0.29, 0.717) is 10.8 Å². The number of nitrogens with one attached hydrogen (secondary N) is 1. The Morgan fingerprint density at radius 2 is 2.04 bits per heavy atom. The van der Waals surface area contributed by atoms with Crippen LogP contribution in [0.4, 0.5) is 10.8 Å². The van der Waals surface area contributed by atoms with E-state index < -0.39 is 0 Å². The van der Waals surface area contributed by atoms with Crippen molar-refractivity contribution in [2.24, 2.45) is 0 Å². The van der Waals surface area contributed by atoms with Crippen LogP contribution in [0.2, 0.25) is 5.02 Å². The number of aromatic nitrogens is 3. The number of nitrogens with zero attached hydrogens (tertiary/aromatic N) is 3. The molecule has 0 aliphatic rings. The Morgan fingerprint density at radius 1 is 1.22 bits per heavy atom. The molecule has 5 nitrogen and oxygen atoms in total. The van der Waals surface area contributed by atoms with Crippen molar-refractivity contribution in [2.75, 3.05) is 5.32 Å². The lowest BCUT2D eigenvalue weighted by Crippen LogP contribution is -1.94. The Kier molecular flexibility index (Phi) is 4.89. The molecule has 0 saturated heterocycles. The highest BCUT2D eigenvalue weighted by Gasteiger charge is 2.11. The topological polar surface area (TPSA) is 63.8 Å². The third kappa shape index (κ3) is 4.04. The van der Waals surface area contributed by atoms with Crippen LogP contribution in [0.25, 0.3) is 0 Å². The summed E-state index contributed by atoms with van der Waals surface area (Å²) in [5.41, 5.74) is 3.98. The van der Waals surface area contributed by atoms with Gasteiger partial charge < -0.3 is 9.84 Å². The van der Waals surface area contributed by atoms with Gasteiger partial charge in [-0.25, -0.2) is 0 Å². The molecule has 0 unspecified atom stereocenters. The fourth-order valence-corrected chi connectivity index (χ4v) is 4.13. The van der Waals surface area contributed by atoms with Crippen LogP contribution in [0.5, 0.6) is 0 Å². The lowest BCUT2D eigenvalue weighted by molar-refractivity contribution is 0.393. The summed E-state index contributed by atoms with van der Waals surface area (Å²) in [7, 11) is 0. The van der Waals surface area contributed by atoms with E-state index in [9.17, 15) is 0 Å². The SMILES string of the molecule is Cc1cc(C)c(Nc2nnc(SCc3cc(C)on3)s2)c(Cl)c1. The molecule has 2 aromatic heterocycles. The van der Waals surface area contributed by atoms with Crippen molar-refractivity contribution < 1.29 is 4.52 Å². The fourth-order valence-electron chi connectivity index (χ4n) is 2.12. The highest BCUT2D eigenvalue weighted by molar-refractivity contribution is 8.00. The normalized spacial score (nSPS) is 11.0. The van der Waals surface area contributed by atoms with Gasteiger partial charge in [-0.1, -0.05) is 45.9 Å². The van der Waals surface area contributed by atoms with Gasteiger partial charge in [-0.3, -0.25) is 0 Å². The van der Waals surface area contributed by atoms with Gasteiger partial charge in [0.25, 0.3) is 0 Å². The van der Waals surface area contributed by atoms with E-state index in [4.69, 9.17) is 16.1 Å². The number of aryl methyl sites for hydroxylation is 3. The van der Waals surface area contributed by atoms with Crippen molar-refractivity contribution >= 4 is 45.5 Å². The molecule has 8 heteroatoms. The third-order valence-electron chi connectivity index (χ3n) is 3.09. The minimum Gasteiger partial charge on any atom is -0.361 e. The molecule has 1 aromatic carbocycles. The first-order valence-corrected chi connectivity index (χ1v) is 9.11. The van der Waals surface area contributed by atoms with E-state index in [0.717, 1.165) is 37.7 Å². The average Bonchev–Trinajstić information content (AvgIpc) is 3.09. The zero-order valence-electron chi connectivity index (χ0n) is 12.9. The van der Waals surface area contributed by atoms with Gasteiger partial charge in [0.05, 0.1) is 16.4 Å². The number of hydrogen-bond donors (Lipinski definition) is 1. The van der Waals surface area contributed by atoms with E-state index in [1.54, 1.807) is 11.8 Å². The van der Waals surface area contributed by atoms with Gasteiger partial charge in [-0.05, 0) is 38.0 Å². The second-order valence-corrected chi connectivity index (χ2v) is 7.76. The van der Waals surface area contributed by atoms with Gasteiger partial charge in [-0.2, -0.15) is 0 Å². The molecule has 0 aliphatic heterocycles. The van der Waals surface area contributed by atoms with Crippen LogP contribution in [0.1, 0.15) is 22.6 Å². The van der Waals surface area contributed by atoms with Crippen LogP contribution in [0.3, 0.4) is 0 Å². The summed E-state index contributed by atoms with van der Waals surface area (Å²) in [6.45, 7) is 5.92. The van der Waals surface area contributed by atoms with Gasteiger partial charge in [0.15, 0.2) is 4.34 Å². The number of thioether (sulfide) groups is 1. The average molecular weight is 367 g/mol. The predicted molar refractivity (Wildman–Crippen MR) is 94.9 cm³/mol. The molecule has 0 atom stereocenters. The molecule has 23 heavy (non-hydrogen) atoms. The van der Waals surface area contributed by atoms with Crippen LogP contribution in [-0.4, -0.2) is 15.4 Å². The Bertz CT molecular complexity index is 807. The van der Waals surface area contributed by atoms with Gasteiger partial charge >= 0.3 is 0 Å². The summed E-state index contributed by atoms with van der Waals surface area (Å²) in [5.74, 6) is 1.51. The van der Waals surface area contributed by atoms with Crippen LogP contribution in [-0.2, 0) is 5.75 Å². The first-order valence-electron chi connectivity index (χ1n) is 6.93. The number of hydrogen-bond acceptors (Lipinski definition) is 7. The summed E-state index contributed by atoms with van der Waals surface area (Å²) in [5, 5.41) is 17.0. The quantitative estimate of drug-likeness (QED) is 0.630. The van der Waals surface area contributed by atoms with Crippen molar-refractivity contribution in [1.29, 1.82) is 0 Å². The maximum absolute atomic E-state index is 6.31. The zero-order chi connectivity index (χ0) is 16.4. The van der Waals surface area contributed by atoms with Crippen LogP contribution in [0, 0.1) is 20.8 Å². The first kappa shape index (κ1) is 16.3. The predicted octanol–water partition coefficient (Wildman–Crippen LogP) is 5.14. The highest BCUT2D eigenvalue weighted by atomic mass is 35.5. The summed E-state index contributed by atoms with van der Waals surface area (Å²) < 4.78 is 5.92. The highest BCUT2D eigenvalue weighted by Crippen LogP contribution is 2.34. The molecule has 0 bridgehead atoms. The second-order valence-electron chi connectivity index (χ2n) is 5.15. The molecule has 0 amide bonds. The molecular weight excluding hydrogens is 352 g/mol. The zero-order valence-corrected chi connectivity index (χ0v) is 15.3. The molecule has 0 spiro atoms. The molecule has 1 N–H and O–H groups in total. The van der Waals surface area contributed by atoms with Crippen molar-refractivity contribution in [2.45, 2.75) is 30.9 Å². The molecule has 3 rings (SSSR count). The largest absolute Gasteiger partial charge is 0.361 e. The Labute approximate surface area is 147 Å². The molecule has 0 aliphatic carbocycles. The van der Waals surface area contributed by atoms with E-state index in [1.807, 2.05) is 32.9 Å². The van der Waals surface area contributed by atoms with Gasteiger partial charge in [-0.15, -0.1) is 10.2 Å². The molecule has 0 radical (unpaired) electrons. The van der Waals surface area contributed by atoms with Crippen LogP contribution >= 0.6 is 34.7 Å². The second kappa shape index (κ2) is 6.90. The lowest BCUT2D eigenvalue weighted by atomic mass is 10.1. The number of anilines is 2. The summed E-state index contributed by atoms with van der Waals surface area (Å²) in [4.78, 5) is 0. The Morgan fingerprint density at radius 3 is 2.74 bits per heavy atom. The van der Waals surface area contributed by atoms with Gasteiger partial charge in [0.2, 0.25) is 5.13 Å². The molecule has 120 valence electrons. The molecule has 3 aromatic rings. The molecule has 2 heterocycles. The third-order valence-corrected chi connectivity index (χ3v) is 5.39. The number of rotatable bonds is 5. The van der Waals surface area contributed by atoms with E-state index in [2.05, 4.69) is 26.7 Å². The minimum absolute atomic E-state index is 0.685. The van der Waals surface area contributed by atoms with Gasteiger partial charge in [0.1, 0.15) is 5.76 Å². The first-order chi connectivity index (χ1) is 11.0. The molecular formula is C15H15ClN4OS2. The molecule has 0 fully saturated rings. The van der Waals surface area contributed by atoms with Crippen molar-refractivity contribution in [3.05, 3.63) is 45.8 Å². The monoisotopic (exact) mass is 366 g/mol. The summed E-state index contributed by atoms with van der Waals surface area (Å²) >= 11 is 9.37. The Balaban J connectivity index is 1.68. The summed E-state index contributed by atoms with van der Waals surface area (Å²) in [6, 6.07) is 5.93. The summed E-state index contributed by atoms with van der Waals surface area (Å²) in [6.07, 6.45) is 0. The van der Waals surface area contributed by atoms with Crippen LogP contribution in [0.15, 0.2) is 27.1 Å². The standard InChI is InChI=1S/C15H15ClN4OS2/c1-8-4-9(2)13(12(16)5-8)17-14-18-19-15(23-14)22-7-11-6-10(3)21-20-11/h4-6H,7H2,1-3H3,(H,17,18). The van der Waals surface area contributed by atoms with E-state index in [1.165, 1.54) is 11.3 Å². The van der Waals surface area contributed by atoms with Crippen LogP contribution < -0.4 is 5.32 Å². The van der Waals surface area contributed by atoms with Gasteiger partial charge in [0, 0.05) is 11.8 Å². The van der Waals surface area contributed by atoms with Crippen molar-refractivity contribution in [1.82, 2.24) is 15.4 Å². The smallest absolute Gasteiger partial charge is 0.210 e. The van der Waals surface area contributed by atoms with E-state index in [-0.39, 0.29) is 0 Å².